The smallest absolute Gasteiger partial charge is 0.337 e. The van der Waals surface area contributed by atoms with Crippen LogP contribution in [0.3, 0.4) is 0 Å². The predicted molar refractivity (Wildman–Crippen MR) is 53.6 cm³/mol. The van der Waals surface area contributed by atoms with Gasteiger partial charge in [-0.2, -0.15) is 0 Å². The number of aliphatic hydroxyl groups excluding tert-OH is 2. The summed E-state index contributed by atoms with van der Waals surface area (Å²) in [5.41, 5.74) is 0.435. The summed E-state index contributed by atoms with van der Waals surface area (Å²) in [6.45, 7) is -0.250. The van der Waals surface area contributed by atoms with Crippen molar-refractivity contribution in [1.82, 2.24) is 0 Å². The fourth-order valence-corrected chi connectivity index (χ4v) is 0.715. The van der Waals surface area contributed by atoms with Crippen molar-refractivity contribution in [3.8, 4) is 5.75 Å². The van der Waals surface area contributed by atoms with Gasteiger partial charge in [0.25, 0.3) is 0 Å². The van der Waals surface area contributed by atoms with E-state index in [9.17, 15) is 4.79 Å². The molecule has 1 aromatic rings. The first kappa shape index (κ1) is 13.4. The second-order valence-corrected chi connectivity index (χ2v) is 2.49. The maximum Gasteiger partial charge on any atom is 0.337 e. The average molecular weight is 214 g/mol. The molecule has 0 spiro atoms. The normalized spacial score (nSPS) is 8.73. The van der Waals surface area contributed by atoms with Crippen LogP contribution >= 0.6 is 0 Å². The quantitative estimate of drug-likeness (QED) is 0.610. The highest BCUT2D eigenvalue weighted by Gasteiger charge is 2.02. The predicted octanol–water partition coefficient (Wildman–Crippen LogP) is 0.150. The Morgan fingerprint density at radius 2 is 1.67 bits per heavy atom. The van der Waals surface area contributed by atoms with E-state index >= 15 is 0 Å². The minimum Gasteiger partial charge on any atom is -0.508 e. The highest BCUT2D eigenvalue weighted by molar-refractivity contribution is 5.89. The lowest BCUT2D eigenvalue weighted by Gasteiger charge is -1.97. The molecule has 1 rings (SSSR count). The molecule has 84 valence electrons. The summed E-state index contributed by atoms with van der Waals surface area (Å²) in [5.74, 6) is -0.261. The number of rotatable bonds is 2. The molecule has 5 nitrogen and oxygen atoms in total. The molecule has 3 N–H and O–H groups in total. The van der Waals surface area contributed by atoms with Crippen LogP contribution < -0.4 is 0 Å². The van der Waals surface area contributed by atoms with Crippen LogP contribution in [-0.2, 0) is 4.74 Å². The molecule has 1 aromatic carbocycles. The minimum atomic E-state index is -0.398. The number of phenolic OH excluding ortho intramolecular Hbond substituents is 1. The largest absolute Gasteiger partial charge is 0.508 e. The van der Waals surface area contributed by atoms with E-state index in [0.717, 1.165) is 0 Å². The van der Waals surface area contributed by atoms with Gasteiger partial charge in [-0.1, -0.05) is 0 Å². The molecule has 0 aliphatic rings. The summed E-state index contributed by atoms with van der Waals surface area (Å²) in [7, 11) is 1.31. The van der Waals surface area contributed by atoms with Gasteiger partial charge in [0.2, 0.25) is 0 Å². The first-order chi connectivity index (χ1) is 7.15. The molecule has 0 aromatic heterocycles. The fraction of sp³-hybridized carbons (Fsp3) is 0.300. The number of carbonyl (C=O) groups is 1. The Kier molecular flexibility index (Phi) is 6.96. The topological polar surface area (TPSA) is 87.0 Å². The van der Waals surface area contributed by atoms with Gasteiger partial charge in [-0.25, -0.2) is 4.79 Å². The standard InChI is InChI=1S/C8H8O3.C2H6O2/c1-11-8(10)6-2-4-7(9)5-3-6;3-1-2-4/h2-5,9H,1H3;3-4H,1-2H2. The summed E-state index contributed by atoms with van der Waals surface area (Å²) >= 11 is 0. The van der Waals surface area contributed by atoms with Crippen molar-refractivity contribution >= 4 is 5.97 Å². The first-order valence-corrected chi connectivity index (χ1v) is 4.24. The van der Waals surface area contributed by atoms with Crippen LogP contribution in [-0.4, -0.2) is 41.6 Å². The van der Waals surface area contributed by atoms with Crippen molar-refractivity contribution in [2.75, 3.05) is 20.3 Å². The summed E-state index contributed by atoms with van der Waals surface area (Å²) in [5, 5.41) is 24.1. The molecule has 0 saturated heterocycles. The van der Waals surface area contributed by atoms with Crippen LogP contribution in [0.25, 0.3) is 0 Å². The van der Waals surface area contributed by atoms with E-state index in [1.807, 2.05) is 0 Å². The Morgan fingerprint density at radius 1 is 1.20 bits per heavy atom. The van der Waals surface area contributed by atoms with Crippen molar-refractivity contribution < 1.29 is 24.9 Å². The van der Waals surface area contributed by atoms with Gasteiger partial charge in [0.15, 0.2) is 0 Å². The van der Waals surface area contributed by atoms with Crippen LogP contribution in [0.5, 0.6) is 5.75 Å². The third-order valence-electron chi connectivity index (χ3n) is 1.39. The molecule has 0 unspecified atom stereocenters. The zero-order chi connectivity index (χ0) is 11.7. The number of hydrogen-bond acceptors (Lipinski definition) is 5. The van der Waals surface area contributed by atoms with Gasteiger partial charge in [0.05, 0.1) is 25.9 Å². The van der Waals surface area contributed by atoms with Gasteiger partial charge in [-0.05, 0) is 24.3 Å². The van der Waals surface area contributed by atoms with Crippen molar-refractivity contribution in [3.63, 3.8) is 0 Å². The Bertz CT molecular complexity index is 278. The average Bonchev–Trinajstić information content (AvgIpc) is 2.29. The van der Waals surface area contributed by atoms with Gasteiger partial charge < -0.3 is 20.1 Å². The third kappa shape index (κ3) is 5.66. The number of phenols is 1. The number of hydrogen-bond donors (Lipinski definition) is 3. The molecule has 0 bridgehead atoms. The van der Waals surface area contributed by atoms with E-state index in [1.54, 1.807) is 0 Å². The maximum absolute atomic E-state index is 10.8. The van der Waals surface area contributed by atoms with Crippen LogP contribution in [0.4, 0.5) is 0 Å². The van der Waals surface area contributed by atoms with Gasteiger partial charge in [-0.15, -0.1) is 0 Å². The molecular weight excluding hydrogens is 200 g/mol. The van der Waals surface area contributed by atoms with Gasteiger partial charge in [0, 0.05) is 0 Å². The fourth-order valence-electron chi connectivity index (χ4n) is 0.715. The number of esters is 1. The Hall–Kier alpha value is -1.59. The number of methoxy groups -OCH3 is 1. The lowest BCUT2D eigenvalue weighted by molar-refractivity contribution is 0.0600. The molecule has 0 atom stereocenters. The number of benzene rings is 1. The molecule has 0 heterocycles. The summed E-state index contributed by atoms with van der Waals surface area (Å²) < 4.78 is 4.46. The molecule has 0 fully saturated rings. The van der Waals surface area contributed by atoms with Gasteiger partial charge in [0.1, 0.15) is 5.75 Å². The zero-order valence-corrected chi connectivity index (χ0v) is 8.38. The highest BCUT2D eigenvalue weighted by atomic mass is 16.5. The number of aromatic hydroxyl groups is 1. The molecule has 15 heavy (non-hydrogen) atoms. The molecule has 0 amide bonds. The van der Waals surface area contributed by atoms with Gasteiger partial charge >= 0.3 is 5.97 Å². The second kappa shape index (κ2) is 7.78. The highest BCUT2D eigenvalue weighted by Crippen LogP contribution is 2.09. The molecule has 0 aliphatic carbocycles. The monoisotopic (exact) mass is 214 g/mol. The van der Waals surface area contributed by atoms with Gasteiger partial charge in [-0.3, -0.25) is 0 Å². The van der Waals surface area contributed by atoms with E-state index in [-0.39, 0.29) is 19.0 Å². The van der Waals surface area contributed by atoms with Crippen molar-refractivity contribution in [1.29, 1.82) is 0 Å². The van der Waals surface area contributed by atoms with Crippen molar-refractivity contribution in [2.24, 2.45) is 0 Å². The van der Waals surface area contributed by atoms with Crippen LogP contribution in [0.1, 0.15) is 10.4 Å². The summed E-state index contributed by atoms with van der Waals surface area (Å²) in [6.07, 6.45) is 0. The molecular formula is C10H14O5. The number of carbonyl (C=O) groups excluding carboxylic acids is 1. The van der Waals surface area contributed by atoms with E-state index in [4.69, 9.17) is 15.3 Å². The van der Waals surface area contributed by atoms with Crippen LogP contribution in [0.15, 0.2) is 24.3 Å². The lowest BCUT2D eigenvalue weighted by Crippen LogP contribution is -1.99. The van der Waals surface area contributed by atoms with Crippen molar-refractivity contribution in [2.45, 2.75) is 0 Å². The van der Waals surface area contributed by atoms with E-state index in [0.29, 0.717) is 5.56 Å². The number of ether oxygens (including phenoxy) is 1. The third-order valence-corrected chi connectivity index (χ3v) is 1.39. The SMILES string of the molecule is COC(=O)c1ccc(O)cc1.OCCO. The zero-order valence-electron chi connectivity index (χ0n) is 8.38. The summed E-state index contributed by atoms with van der Waals surface area (Å²) in [6, 6.07) is 5.88. The van der Waals surface area contributed by atoms with Crippen molar-refractivity contribution in [3.05, 3.63) is 29.8 Å². The van der Waals surface area contributed by atoms with E-state index in [1.165, 1.54) is 31.4 Å². The molecule has 0 radical (unpaired) electrons. The lowest BCUT2D eigenvalue weighted by atomic mass is 10.2. The number of aliphatic hydroxyl groups is 2. The second-order valence-electron chi connectivity index (χ2n) is 2.49. The van der Waals surface area contributed by atoms with Crippen LogP contribution in [0.2, 0.25) is 0 Å². The van der Waals surface area contributed by atoms with Crippen LogP contribution in [0, 0.1) is 0 Å². The first-order valence-electron chi connectivity index (χ1n) is 4.24. The minimum absolute atomic E-state index is 0.125. The maximum atomic E-state index is 10.8. The Balaban J connectivity index is 0.000000423. The molecule has 0 saturated carbocycles. The summed E-state index contributed by atoms with van der Waals surface area (Å²) in [4.78, 5) is 10.8. The van der Waals surface area contributed by atoms with E-state index < -0.39 is 5.97 Å². The Labute approximate surface area is 87.6 Å². The molecule has 5 heteroatoms. The van der Waals surface area contributed by atoms with E-state index in [2.05, 4.69) is 4.74 Å². The Morgan fingerprint density at radius 3 is 2.00 bits per heavy atom. The molecule has 0 aliphatic heterocycles.